The Balaban J connectivity index is 2.58. The lowest BCUT2D eigenvalue weighted by Crippen LogP contribution is -2.20. The third kappa shape index (κ3) is 3.71. The topological polar surface area (TPSA) is 74.6 Å². The fraction of sp³-hybridized carbons (Fsp3) is 0.400. The third-order valence-corrected chi connectivity index (χ3v) is 3.71. The molecule has 0 aliphatic heterocycles. The molecule has 0 aromatic carbocycles. The number of aliphatic hydroxyl groups is 2. The predicted molar refractivity (Wildman–Crippen MR) is 63.8 cm³/mol. The van der Waals surface area contributed by atoms with Crippen LogP contribution in [0.3, 0.4) is 0 Å². The summed E-state index contributed by atoms with van der Waals surface area (Å²) in [5, 5.41) is 20.8. The van der Waals surface area contributed by atoms with Gasteiger partial charge in [-0.3, -0.25) is 9.59 Å². The number of rotatable bonds is 5. The average molecular weight is 260 g/mol. The number of carbonyl (C=O) groups excluding carboxylic acids is 2. The summed E-state index contributed by atoms with van der Waals surface area (Å²) < 4.78 is 0. The lowest BCUT2D eigenvalue weighted by molar-refractivity contribution is -0.109. The monoisotopic (exact) mass is 260 g/mol. The number of thiophene rings is 1. The maximum absolute atomic E-state index is 10.7. The van der Waals surface area contributed by atoms with Crippen molar-refractivity contribution < 1.29 is 19.8 Å². The quantitative estimate of drug-likeness (QED) is 0.779. The molecule has 88 valence electrons. The molecule has 2 unspecified atom stereocenters. The van der Waals surface area contributed by atoms with Crippen LogP contribution in [-0.2, 0) is 4.79 Å². The Morgan fingerprint density at radius 3 is 2.81 bits per heavy atom. The summed E-state index contributed by atoms with van der Waals surface area (Å²) in [6.45, 7) is 1.40. The van der Waals surface area contributed by atoms with Crippen molar-refractivity contribution in [3.63, 3.8) is 0 Å². The van der Waals surface area contributed by atoms with Gasteiger partial charge >= 0.3 is 0 Å². The van der Waals surface area contributed by atoms with Crippen LogP contribution in [0.1, 0.15) is 28.3 Å². The second-order valence-electron chi connectivity index (χ2n) is 3.22. The van der Waals surface area contributed by atoms with E-state index >= 15 is 0 Å². The van der Waals surface area contributed by atoms with Gasteiger partial charge in [-0.25, -0.2) is 0 Å². The third-order valence-electron chi connectivity index (χ3n) is 1.92. The Bertz CT molecular complexity index is 375. The molecule has 0 aliphatic carbocycles. The molecule has 0 aliphatic rings. The number of aliphatic hydroxyl groups excluding tert-OH is 2. The van der Waals surface area contributed by atoms with E-state index in [0.717, 1.165) is 11.8 Å². The smallest absolute Gasteiger partial charge is 0.185 e. The van der Waals surface area contributed by atoms with E-state index < -0.39 is 12.2 Å². The summed E-state index contributed by atoms with van der Waals surface area (Å²) in [5.41, 5.74) is 0.503. The molecular weight excluding hydrogens is 248 g/mol. The van der Waals surface area contributed by atoms with Gasteiger partial charge in [0.2, 0.25) is 0 Å². The molecule has 0 amide bonds. The minimum Gasteiger partial charge on any atom is -0.389 e. The van der Waals surface area contributed by atoms with E-state index in [2.05, 4.69) is 0 Å². The number of aldehydes is 1. The van der Waals surface area contributed by atoms with Crippen molar-refractivity contribution in [1.82, 2.24) is 0 Å². The van der Waals surface area contributed by atoms with E-state index in [0.29, 0.717) is 16.7 Å². The molecule has 2 N–H and O–H groups in total. The van der Waals surface area contributed by atoms with Gasteiger partial charge in [0, 0.05) is 12.7 Å². The zero-order valence-corrected chi connectivity index (χ0v) is 10.3. The molecule has 0 radical (unpaired) electrons. The van der Waals surface area contributed by atoms with E-state index in [-0.39, 0.29) is 10.9 Å². The van der Waals surface area contributed by atoms with Crippen LogP contribution < -0.4 is 0 Å². The molecule has 0 spiro atoms. The highest BCUT2D eigenvalue weighted by Gasteiger charge is 2.20. The second-order valence-corrected chi connectivity index (χ2v) is 5.35. The first kappa shape index (κ1) is 13.4. The maximum Gasteiger partial charge on any atom is 0.185 e. The zero-order valence-electron chi connectivity index (χ0n) is 8.62. The molecule has 0 bridgehead atoms. The Kier molecular flexibility index (Phi) is 5.14. The highest BCUT2D eigenvalue weighted by molar-refractivity contribution is 8.13. The molecule has 4 nitrogen and oxygen atoms in total. The van der Waals surface area contributed by atoms with Crippen molar-refractivity contribution >= 4 is 34.5 Å². The Hall–Kier alpha value is -0.690. The van der Waals surface area contributed by atoms with Crippen molar-refractivity contribution in [2.24, 2.45) is 0 Å². The molecule has 1 aromatic heterocycles. The number of hydrogen-bond acceptors (Lipinski definition) is 6. The predicted octanol–water partition coefficient (Wildman–Crippen LogP) is 1.23. The van der Waals surface area contributed by atoms with Crippen LogP contribution >= 0.6 is 23.1 Å². The Labute approximate surface area is 101 Å². The molecule has 0 saturated heterocycles. The van der Waals surface area contributed by atoms with Gasteiger partial charge < -0.3 is 10.2 Å². The standard InChI is InChI=1S/C10H12O4S2/c1-6(12)15-5-9(13)10(14)7-2-8(3-11)16-4-7/h2-4,9-10,13-14H,5H2,1H3. The first-order valence-corrected chi connectivity index (χ1v) is 6.44. The molecular formula is C10H12O4S2. The van der Waals surface area contributed by atoms with E-state index in [1.807, 2.05) is 0 Å². The molecule has 1 heterocycles. The van der Waals surface area contributed by atoms with Gasteiger partial charge in [-0.2, -0.15) is 0 Å². The van der Waals surface area contributed by atoms with Gasteiger partial charge in [0.25, 0.3) is 0 Å². The van der Waals surface area contributed by atoms with Crippen molar-refractivity contribution in [2.75, 3.05) is 5.75 Å². The molecule has 6 heteroatoms. The molecule has 16 heavy (non-hydrogen) atoms. The Morgan fingerprint density at radius 2 is 2.31 bits per heavy atom. The lowest BCUT2D eigenvalue weighted by Gasteiger charge is -2.15. The number of thioether (sulfide) groups is 1. The van der Waals surface area contributed by atoms with E-state index in [4.69, 9.17) is 0 Å². The minimum absolute atomic E-state index is 0.106. The fourth-order valence-corrected chi connectivity index (χ4v) is 2.43. The lowest BCUT2D eigenvalue weighted by atomic mass is 10.1. The summed E-state index contributed by atoms with van der Waals surface area (Å²) >= 11 is 2.17. The highest BCUT2D eigenvalue weighted by Crippen LogP contribution is 2.24. The summed E-state index contributed by atoms with van der Waals surface area (Å²) in [6, 6.07) is 1.53. The molecule has 0 fully saturated rings. The fourth-order valence-electron chi connectivity index (χ4n) is 1.10. The van der Waals surface area contributed by atoms with Crippen LogP contribution in [0.15, 0.2) is 11.4 Å². The van der Waals surface area contributed by atoms with Gasteiger partial charge in [0.05, 0.1) is 11.0 Å². The van der Waals surface area contributed by atoms with Crippen LogP contribution in [0.25, 0.3) is 0 Å². The van der Waals surface area contributed by atoms with Crippen LogP contribution in [0, 0.1) is 0 Å². The maximum atomic E-state index is 10.7. The summed E-state index contributed by atoms with van der Waals surface area (Å²) in [5.74, 6) is 0.142. The number of carbonyl (C=O) groups is 2. The van der Waals surface area contributed by atoms with Crippen LogP contribution in [0.2, 0.25) is 0 Å². The zero-order chi connectivity index (χ0) is 12.1. The number of hydrogen-bond donors (Lipinski definition) is 2. The Morgan fingerprint density at radius 1 is 1.62 bits per heavy atom. The normalized spacial score (nSPS) is 14.4. The van der Waals surface area contributed by atoms with Crippen molar-refractivity contribution in [3.8, 4) is 0 Å². The van der Waals surface area contributed by atoms with Crippen LogP contribution in [0.4, 0.5) is 0 Å². The van der Waals surface area contributed by atoms with Crippen molar-refractivity contribution in [3.05, 3.63) is 21.9 Å². The summed E-state index contributed by atoms with van der Waals surface area (Å²) in [6.07, 6.45) is -1.38. The first-order chi connectivity index (χ1) is 7.54. The molecule has 2 atom stereocenters. The van der Waals surface area contributed by atoms with E-state index in [1.54, 1.807) is 5.38 Å². The molecule has 0 saturated carbocycles. The van der Waals surface area contributed by atoms with Crippen LogP contribution in [-0.4, -0.2) is 33.5 Å². The first-order valence-electron chi connectivity index (χ1n) is 4.57. The summed E-state index contributed by atoms with van der Waals surface area (Å²) in [4.78, 5) is 21.6. The van der Waals surface area contributed by atoms with Gasteiger partial charge in [-0.1, -0.05) is 11.8 Å². The van der Waals surface area contributed by atoms with Gasteiger partial charge in [-0.15, -0.1) is 11.3 Å². The largest absolute Gasteiger partial charge is 0.389 e. The second kappa shape index (κ2) is 6.15. The van der Waals surface area contributed by atoms with E-state index in [9.17, 15) is 19.8 Å². The molecule has 1 rings (SSSR count). The van der Waals surface area contributed by atoms with Crippen LogP contribution in [0.5, 0.6) is 0 Å². The van der Waals surface area contributed by atoms with Crippen molar-refractivity contribution in [2.45, 2.75) is 19.1 Å². The van der Waals surface area contributed by atoms with E-state index in [1.165, 1.54) is 24.3 Å². The van der Waals surface area contributed by atoms with Crippen molar-refractivity contribution in [1.29, 1.82) is 0 Å². The minimum atomic E-state index is -1.06. The molecule has 1 aromatic rings. The van der Waals surface area contributed by atoms with Gasteiger partial charge in [0.15, 0.2) is 11.4 Å². The van der Waals surface area contributed by atoms with Gasteiger partial charge in [0.1, 0.15) is 6.10 Å². The SMILES string of the molecule is CC(=O)SCC(O)C(O)c1csc(C=O)c1. The summed E-state index contributed by atoms with van der Waals surface area (Å²) in [7, 11) is 0. The van der Waals surface area contributed by atoms with Gasteiger partial charge in [-0.05, 0) is 17.0 Å². The average Bonchev–Trinajstić information content (AvgIpc) is 2.73. The highest BCUT2D eigenvalue weighted by atomic mass is 32.2.